The molecule has 0 fully saturated rings. The lowest BCUT2D eigenvalue weighted by Crippen LogP contribution is -2.31. The number of hydrogen-bond donors (Lipinski definition) is 1. The van der Waals surface area contributed by atoms with Crippen LogP contribution in [0, 0.1) is 0 Å². The first-order valence-electron chi connectivity index (χ1n) is 8.14. The molecule has 0 spiro atoms. The zero-order valence-electron chi connectivity index (χ0n) is 14.3. The maximum absolute atomic E-state index is 12.4. The summed E-state index contributed by atoms with van der Waals surface area (Å²) < 4.78 is 6.46. The smallest absolute Gasteiger partial charge is 0.307 e. The van der Waals surface area contributed by atoms with Gasteiger partial charge in [0.15, 0.2) is 0 Å². The summed E-state index contributed by atoms with van der Waals surface area (Å²) in [5.74, 6) is -0.527. The van der Waals surface area contributed by atoms with E-state index in [9.17, 15) is 9.59 Å². The number of aromatic nitrogens is 2. The molecule has 2 aromatic heterocycles. The van der Waals surface area contributed by atoms with Gasteiger partial charge in [0.25, 0.3) is 0 Å². The average Bonchev–Trinajstić information content (AvgIpc) is 3.34. The van der Waals surface area contributed by atoms with Crippen LogP contribution in [0.4, 0.5) is 0 Å². The number of nitrogens with one attached hydrogen (secondary N) is 1. The monoisotopic (exact) mass is 369 g/mol. The van der Waals surface area contributed by atoms with Crippen LogP contribution in [0.1, 0.15) is 22.9 Å². The second-order valence-corrected chi connectivity index (χ2v) is 6.70. The number of carbonyl (C=O) groups excluding carboxylic acids is 2. The second kappa shape index (κ2) is 8.44. The normalized spacial score (nSPS) is 11.7. The molecule has 0 saturated heterocycles. The van der Waals surface area contributed by atoms with E-state index >= 15 is 0 Å². The van der Waals surface area contributed by atoms with Crippen molar-refractivity contribution >= 4 is 23.2 Å². The zero-order valence-corrected chi connectivity index (χ0v) is 15.1. The predicted octanol–water partition coefficient (Wildman–Crippen LogP) is 2.90. The summed E-state index contributed by atoms with van der Waals surface area (Å²) in [6.07, 6.45) is 3.80. The topological polar surface area (TPSA) is 73.2 Å². The lowest BCUT2D eigenvalue weighted by molar-refractivity contribution is -0.141. The third-order valence-electron chi connectivity index (χ3n) is 3.84. The molecule has 3 aromatic rings. The fourth-order valence-corrected chi connectivity index (χ4v) is 3.34. The van der Waals surface area contributed by atoms with Gasteiger partial charge in [0.2, 0.25) is 5.91 Å². The number of methoxy groups -OCH3 is 1. The molecule has 2 heterocycles. The second-order valence-electron chi connectivity index (χ2n) is 5.72. The molecule has 0 aliphatic heterocycles. The Labute approximate surface area is 155 Å². The van der Waals surface area contributed by atoms with E-state index in [-0.39, 0.29) is 30.8 Å². The molecule has 7 heteroatoms. The molecule has 1 unspecified atom stereocenters. The number of carbonyl (C=O) groups is 2. The standard InChI is InChI=1S/C19H19N3O3S/c1-25-19(24)11-16(17-8-5-9-26-17)21-18(23)10-14-12-20-22(13-14)15-6-3-2-4-7-15/h2-9,12-13,16H,10-11H2,1H3,(H,21,23). The van der Waals surface area contributed by atoms with Crippen molar-refractivity contribution in [2.75, 3.05) is 7.11 Å². The SMILES string of the molecule is COC(=O)CC(NC(=O)Cc1cnn(-c2ccccc2)c1)c1cccs1. The van der Waals surface area contributed by atoms with Crippen molar-refractivity contribution in [3.05, 3.63) is 70.7 Å². The summed E-state index contributed by atoms with van der Waals surface area (Å²) in [5, 5.41) is 9.12. The largest absolute Gasteiger partial charge is 0.469 e. The summed E-state index contributed by atoms with van der Waals surface area (Å²) in [4.78, 5) is 25.0. The first-order valence-corrected chi connectivity index (χ1v) is 9.02. The van der Waals surface area contributed by atoms with Gasteiger partial charge in [0, 0.05) is 11.1 Å². The Hall–Kier alpha value is -2.93. The zero-order chi connectivity index (χ0) is 18.4. The van der Waals surface area contributed by atoms with Crippen LogP contribution >= 0.6 is 11.3 Å². The molecule has 0 bridgehead atoms. The van der Waals surface area contributed by atoms with E-state index in [1.165, 1.54) is 18.4 Å². The fraction of sp³-hybridized carbons (Fsp3) is 0.211. The van der Waals surface area contributed by atoms with Crippen LogP contribution in [0.5, 0.6) is 0 Å². The average molecular weight is 369 g/mol. The first kappa shape index (κ1) is 17.9. The maximum atomic E-state index is 12.4. The lowest BCUT2D eigenvalue weighted by atomic mass is 10.1. The number of nitrogens with zero attached hydrogens (tertiary/aromatic N) is 2. The van der Waals surface area contributed by atoms with Crippen LogP contribution in [-0.2, 0) is 20.7 Å². The van der Waals surface area contributed by atoms with Gasteiger partial charge in [-0.3, -0.25) is 9.59 Å². The molecule has 0 radical (unpaired) electrons. The van der Waals surface area contributed by atoms with E-state index in [0.717, 1.165) is 16.1 Å². The van der Waals surface area contributed by atoms with E-state index in [1.54, 1.807) is 10.9 Å². The molecule has 1 aromatic carbocycles. The van der Waals surface area contributed by atoms with Gasteiger partial charge in [-0.1, -0.05) is 24.3 Å². The van der Waals surface area contributed by atoms with Gasteiger partial charge in [-0.2, -0.15) is 5.10 Å². The molecule has 0 aliphatic rings. The highest BCUT2D eigenvalue weighted by atomic mass is 32.1. The highest BCUT2D eigenvalue weighted by Gasteiger charge is 2.20. The third-order valence-corrected chi connectivity index (χ3v) is 4.83. The molecule has 1 atom stereocenters. The summed E-state index contributed by atoms with van der Waals surface area (Å²) in [5.41, 5.74) is 1.73. The van der Waals surface area contributed by atoms with Gasteiger partial charge in [-0.25, -0.2) is 4.68 Å². The van der Waals surface area contributed by atoms with Crippen molar-refractivity contribution in [2.45, 2.75) is 18.9 Å². The van der Waals surface area contributed by atoms with E-state index < -0.39 is 0 Å². The van der Waals surface area contributed by atoms with Gasteiger partial charge in [0.1, 0.15) is 0 Å². The predicted molar refractivity (Wildman–Crippen MR) is 99.1 cm³/mol. The molecule has 3 rings (SSSR count). The molecular weight excluding hydrogens is 350 g/mol. The van der Waals surface area contributed by atoms with E-state index in [0.29, 0.717) is 0 Å². The van der Waals surface area contributed by atoms with Crippen LogP contribution in [0.15, 0.2) is 60.2 Å². The van der Waals surface area contributed by atoms with Gasteiger partial charge >= 0.3 is 5.97 Å². The molecular formula is C19H19N3O3S. The Bertz CT molecular complexity index is 859. The van der Waals surface area contributed by atoms with Crippen molar-refractivity contribution in [1.82, 2.24) is 15.1 Å². The van der Waals surface area contributed by atoms with Crippen LogP contribution in [-0.4, -0.2) is 28.8 Å². The summed E-state index contributed by atoms with van der Waals surface area (Å²) >= 11 is 1.49. The summed E-state index contributed by atoms with van der Waals surface area (Å²) in [6.45, 7) is 0. The van der Waals surface area contributed by atoms with E-state index in [1.807, 2.05) is 54.0 Å². The summed E-state index contributed by atoms with van der Waals surface area (Å²) in [7, 11) is 1.34. The minimum atomic E-state index is -0.390. The molecule has 26 heavy (non-hydrogen) atoms. The number of rotatable bonds is 7. The maximum Gasteiger partial charge on any atom is 0.307 e. The number of esters is 1. The van der Waals surface area contributed by atoms with Crippen molar-refractivity contribution in [1.29, 1.82) is 0 Å². The van der Waals surface area contributed by atoms with Crippen LogP contribution in [0.25, 0.3) is 5.69 Å². The number of ether oxygens (including phenoxy) is 1. The summed E-state index contributed by atoms with van der Waals surface area (Å²) in [6, 6.07) is 13.1. The fourth-order valence-electron chi connectivity index (χ4n) is 2.57. The minimum absolute atomic E-state index is 0.103. The van der Waals surface area contributed by atoms with Gasteiger partial charge < -0.3 is 10.1 Å². The number of benzene rings is 1. The van der Waals surface area contributed by atoms with Crippen molar-refractivity contribution in [3.63, 3.8) is 0 Å². The Morgan fingerprint density at radius 3 is 2.73 bits per heavy atom. The Morgan fingerprint density at radius 2 is 2.04 bits per heavy atom. The van der Waals surface area contributed by atoms with Gasteiger partial charge in [-0.15, -0.1) is 11.3 Å². The van der Waals surface area contributed by atoms with Gasteiger partial charge in [0.05, 0.1) is 37.9 Å². The number of hydrogen-bond acceptors (Lipinski definition) is 5. The Morgan fingerprint density at radius 1 is 1.23 bits per heavy atom. The van der Waals surface area contributed by atoms with E-state index in [2.05, 4.69) is 10.4 Å². The van der Waals surface area contributed by atoms with E-state index in [4.69, 9.17) is 4.74 Å². The molecule has 0 aliphatic carbocycles. The van der Waals surface area contributed by atoms with Gasteiger partial charge in [-0.05, 0) is 29.1 Å². The Balaban J connectivity index is 1.65. The van der Waals surface area contributed by atoms with Crippen molar-refractivity contribution in [3.8, 4) is 5.69 Å². The molecule has 1 N–H and O–H groups in total. The number of thiophene rings is 1. The number of amides is 1. The van der Waals surface area contributed by atoms with Crippen LogP contribution in [0.2, 0.25) is 0 Å². The molecule has 6 nitrogen and oxygen atoms in total. The molecule has 0 saturated carbocycles. The highest BCUT2D eigenvalue weighted by Crippen LogP contribution is 2.22. The lowest BCUT2D eigenvalue weighted by Gasteiger charge is -2.16. The third kappa shape index (κ3) is 4.58. The highest BCUT2D eigenvalue weighted by molar-refractivity contribution is 7.10. The van der Waals surface area contributed by atoms with Crippen LogP contribution < -0.4 is 5.32 Å². The van der Waals surface area contributed by atoms with Crippen LogP contribution in [0.3, 0.4) is 0 Å². The Kier molecular flexibility index (Phi) is 5.80. The minimum Gasteiger partial charge on any atom is -0.469 e. The van der Waals surface area contributed by atoms with Crippen molar-refractivity contribution in [2.24, 2.45) is 0 Å². The molecule has 134 valence electrons. The first-order chi connectivity index (χ1) is 12.7. The molecule has 1 amide bonds. The van der Waals surface area contributed by atoms with Crippen molar-refractivity contribution < 1.29 is 14.3 Å². The number of para-hydroxylation sites is 1. The quantitative estimate of drug-likeness (QED) is 0.650.